The van der Waals surface area contributed by atoms with Crippen molar-refractivity contribution in [2.24, 2.45) is 74.9 Å². The summed E-state index contributed by atoms with van der Waals surface area (Å²) in [5.41, 5.74) is 20.6. The Balaban J connectivity index is 0.000000170. The number of fused-ring (bicyclic) bond motifs is 4. The van der Waals surface area contributed by atoms with E-state index in [1.807, 2.05) is 36.4 Å². The van der Waals surface area contributed by atoms with E-state index in [9.17, 15) is 54.3 Å². The third-order valence-corrected chi connectivity index (χ3v) is 35.3. The maximum atomic E-state index is 13.8. The van der Waals surface area contributed by atoms with Crippen LogP contribution in [0.15, 0.2) is 235 Å². The molecule has 0 heterocycles. The molecule has 0 bridgehead atoms. The fraction of sp³-hybridized carbons (Fsp3) is 0.615. The maximum absolute atomic E-state index is 13.8. The summed E-state index contributed by atoms with van der Waals surface area (Å²) in [5.74, 6) is 4.89. The molecule has 0 saturated heterocycles. The first kappa shape index (κ1) is 97.6. The number of nitrogens with one attached hydrogen (secondary N) is 1. The third-order valence-electron chi connectivity index (χ3n) is 30.9. The van der Waals surface area contributed by atoms with E-state index in [0.717, 1.165) is 165 Å². The second kappa shape index (κ2) is 41.9. The standard InChI is InChI=1S/C29H41NO2S.C25H35FO3S.C25H38O3S.C25H36O3S/c1-21-11-14-25(31)20-24(21)13-12-23-8-7-18-29(3)27(15-16-28(23)29)22(2)17-19-33(30,32)26-9-5-4-6-10-26;1-17-7-11-21(27)16-20(17)10-9-19-6-5-15-25(3)22(12-13-23(19)25)18(2)8-14-24(26)30(4,28)29;2*1-18-9-12-22(26)17-21(18)11-10-20-8-5-15-25(3)23(13-14-24(20)25)19(2)7-6-16-29(4,27)28/h4-6,9-10,12-13,22,25,27-28,30-31H,1,7-8,11,14-20H2,2-3H3;9-10,12,14,18,21,23,27H,1,5-8,11,13,15-16H2,2-4H3;10-11,13,19,22,24,26H,1,5-9,12,14-17H2,2-4H3;6,10-11,13,16,19,22,24,26H,1,5,7-9,12,14-15,17H2,2-4H3/b23-12+,24-13-;19-9+,20-10-,24-14+;20-10+,21-11-;16-6+,20-10+,21-11-/t22?,25?,27?,28-,29+,33?;18?,21?,23-,25+;2*19?,22?,24-,25+/m0000/s1. The molecule has 668 valence electrons. The fourth-order valence-corrected chi connectivity index (χ4v) is 27.0. The lowest BCUT2D eigenvalue weighted by atomic mass is 9.61. The molecule has 0 amide bonds. The number of benzene rings is 1. The lowest BCUT2D eigenvalue weighted by Gasteiger charge is -2.44. The van der Waals surface area contributed by atoms with E-state index in [4.69, 9.17) is 4.78 Å². The first-order valence-electron chi connectivity index (χ1n) is 46.0. The van der Waals surface area contributed by atoms with Crippen molar-refractivity contribution in [1.29, 1.82) is 4.78 Å². The number of rotatable bonds is 22. The monoisotopic (exact) mass is 1740 g/mol. The summed E-state index contributed by atoms with van der Waals surface area (Å²) in [6.45, 7) is 35.3. The van der Waals surface area contributed by atoms with E-state index < -0.39 is 44.4 Å². The second-order valence-corrected chi connectivity index (χ2v) is 48.2. The molecule has 9 saturated carbocycles. The number of halogens is 1. The molecular formula is C104H150FNO11S4. The van der Waals surface area contributed by atoms with Crippen molar-refractivity contribution in [1.82, 2.24) is 0 Å². The van der Waals surface area contributed by atoms with Crippen molar-refractivity contribution >= 4 is 39.2 Å². The zero-order valence-corrected chi connectivity index (χ0v) is 78.7. The van der Waals surface area contributed by atoms with Gasteiger partial charge in [0.2, 0.25) is 15.0 Å². The molecule has 12 nitrogen and oxygen atoms in total. The van der Waals surface area contributed by atoms with Crippen LogP contribution in [-0.4, -0.2) is 105 Å². The number of hydrogen-bond donors (Lipinski definition) is 5. The van der Waals surface area contributed by atoms with Gasteiger partial charge in [0.05, 0.1) is 34.1 Å². The molecule has 1 aromatic rings. The minimum Gasteiger partial charge on any atom is -0.393 e. The molecule has 1 aromatic carbocycles. The van der Waals surface area contributed by atoms with Crippen LogP contribution in [0.3, 0.4) is 0 Å². The molecule has 12 aliphatic carbocycles. The van der Waals surface area contributed by atoms with E-state index in [1.54, 1.807) is 11.1 Å². The van der Waals surface area contributed by atoms with Crippen LogP contribution in [0.1, 0.15) is 274 Å². The minimum atomic E-state index is -3.76. The first-order valence-corrected chi connectivity index (χ1v) is 53.6. The molecule has 0 aromatic heterocycles. The van der Waals surface area contributed by atoms with E-state index in [-0.39, 0.29) is 46.6 Å². The average molecular weight is 1740 g/mol. The first-order chi connectivity index (χ1) is 56.9. The van der Waals surface area contributed by atoms with Crippen molar-refractivity contribution < 1.29 is 54.3 Å². The molecular weight excluding hydrogens is 1590 g/mol. The van der Waals surface area contributed by atoms with Gasteiger partial charge in [0.15, 0.2) is 9.84 Å². The number of hydrogen-bond acceptors (Lipinski definition) is 12. The Morgan fingerprint density at radius 3 is 1.23 bits per heavy atom. The predicted octanol–water partition coefficient (Wildman–Crippen LogP) is 24.4. The van der Waals surface area contributed by atoms with E-state index in [0.29, 0.717) is 82.0 Å². The highest BCUT2D eigenvalue weighted by Crippen LogP contribution is 2.62. The summed E-state index contributed by atoms with van der Waals surface area (Å²) in [5, 5.41) is 40.3. The molecule has 5 N–H and O–H groups in total. The highest BCUT2D eigenvalue weighted by molar-refractivity contribution is 7.94. The number of aliphatic hydroxyl groups is 4. The zero-order valence-electron chi connectivity index (χ0n) is 75.4. The van der Waals surface area contributed by atoms with Crippen molar-refractivity contribution in [3.05, 3.63) is 230 Å². The van der Waals surface area contributed by atoms with Gasteiger partial charge >= 0.3 is 0 Å². The molecule has 12 aliphatic rings. The molecule has 13 rings (SSSR count). The Morgan fingerprint density at radius 1 is 0.479 bits per heavy atom. The van der Waals surface area contributed by atoms with Gasteiger partial charge in [-0.25, -0.2) is 34.2 Å². The van der Waals surface area contributed by atoms with Crippen LogP contribution in [0, 0.1) is 79.7 Å². The topological polar surface area (TPSA) is 224 Å². The van der Waals surface area contributed by atoms with Crippen LogP contribution < -0.4 is 0 Å². The quantitative estimate of drug-likeness (QED) is 0.0687. The summed E-state index contributed by atoms with van der Waals surface area (Å²) >= 11 is 0. The lowest BCUT2D eigenvalue weighted by Crippen LogP contribution is -2.36. The molecule has 121 heavy (non-hydrogen) atoms. The molecule has 0 aliphatic heterocycles. The van der Waals surface area contributed by atoms with Gasteiger partial charge in [0, 0.05) is 40.6 Å². The predicted molar refractivity (Wildman–Crippen MR) is 501 cm³/mol. The van der Waals surface area contributed by atoms with Gasteiger partial charge in [0.1, 0.15) is 9.84 Å². The zero-order chi connectivity index (χ0) is 88.2. The molecule has 0 spiro atoms. The number of sulfone groups is 3. The van der Waals surface area contributed by atoms with E-state index in [2.05, 4.69) is 149 Å². The van der Waals surface area contributed by atoms with Crippen molar-refractivity contribution in [3.8, 4) is 0 Å². The van der Waals surface area contributed by atoms with Crippen LogP contribution in [0.5, 0.6) is 0 Å². The molecule has 9 fully saturated rings. The van der Waals surface area contributed by atoms with Gasteiger partial charge in [-0.15, -0.1) is 0 Å². The van der Waals surface area contributed by atoms with Crippen LogP contribution in [0.4, 0.5) is 4.39 Å². The number of allylic oxidation sites excluding steroid dienone is 24. The summed E-state index contributed by atoms with van der Waals surface area (Å²) in [6, 6.07) is 9.34. The van der Waals surface area contributed by atoms with Gasteiger partial charge in [-0.1, -0.05) is 234 Å². The number of aliphatic hydroxyl groups excluding tert-OH is 4. The average Bonchev–Trinajstić information content (AvgIpc) is 1.64. The van der Waals surface area contributed by atoms with E-state index in [1.165, 1.54) is 143 Å². The fourth-order valence-electron chi connectivity index (χ4n) is 23.9. The largest absolute Gasteiger partial charge is 0.393 e. The van der Waals surface area contributed by atoms with Gasteiger partial charge < -0.3 is 20.4 Å². The van der Waals surface area contributed by atoms with Crippen LogP contribution in [0.2, 0.25) is 0 Å². The molecule has 18 atom stereocenters. The van der Waals surface area contributed by atoms with Gasteiger partial charge in [-0.2, -0.15) is 4.39 Å². The molecule has 0 radical (unpaired) electrons. The summed E-state index contributed by atoms with van der Waals surface area (Å²) in [6.07, 6.45) is 63.9. The SMILES string of the molecule is C=C1CCC(O)C/C1=C/C=C1\CCC[C@]2(C)C(C(C)C/C=C(\F)S(C)(=O)=O)=CC[C@@H]12.C=C1CCC(O)C/C1=C/C=C1\CCC[C@]2(C)C(C(C)C/C=C/S(C)(=O)=O)=CC[C@@H]12.C=C1CCC(O)C/C1=C/C=C1\CCC[C@]2(C)C(C(C)CCCS(C)(=O)=O)=CC[C@@H]12.C=C1CCC(O)C/C1=C/C=C1\CCC[C@]2(C)C(C(C)CCS(=N)(=O)c3ccccc3)CC[C@@H]12. The molecule has 17 heteroatoms. The van der Waals surface area contributed by atoms with Gasteiger partial charge in [-0.3, -0.25) is 0 Å². The van der Waals surface area contributed by atoms with Crippen LogP contribution >= 0.6 is 0 Å². The van der Waals surface area contributed by atoms with Crippen molar-refractivity contribution in [2.45, 2.75) is 303 Å². The normalized spacial score (nSPS) is 34.7. The Bertz CT molecular complexity index is 4860. The minimum absolute atomic E-state index is 0.0422. The van der Waals surface area contributed by atoms with E-state index >= 15 is 0 Å². The van der Waals surface area contributed by atoms with Crippen LogP contribution in [0.25, 0.3) is 0 Å². The Kier molecular flexibility index (Phi) is 33.8. The summed E-state index contributed by atoms with van der Waals surface area (Å²) < 4.78 is 104. The Labute approximate surface area is 731 Å². The third kappa shape index (κ3) is 25.2. The second-order valence-electron chi connectivity index (χ2n) is 39.9. The van der Waals surface area contributed by atoms with Gasteiger partial charge in [-0.05, 0) is 334 Å². The maximum Gasteiger partial charge on any atom is 0.210 e. The van der Waals surface area contributed by atoms with Crippen LogP contribution in [-0.2, 0) is 39.2 Å². The lowest BCUT2D eigenvalue weighted by molar-refractivity contribution is 0.0964. The Morgan fingerprint density at radius 2 is 0.851 bits per heavy atom. The highest BCUT2D eigenvalue weighted by Gasteiger charge is 2.52. The summed E-state index contributed by atoms with van der Waals surface area (Å²) in [4.78, 5) is 0.665. The van der Waals surface area contributed by atoms with Crippen molar-refractivity contribution in [2.75, 3.05) is 30.3 Å². The van der Waals surface area contributed by atoms with Gasteiger partial charge in [0.25, 0.3) is 0 Å². The molecule has 10 unspecified atom stereocenters. The highest BCUT2D eigenvalue weighted by atomic mass is 32.2. The smallest absolute Gasteiger partial charge is 0.210 e. The Hall–Kier alpha value is -5.63. The van der Waals surface area contributed by atoms with Crippen molar-refractivity contribution in [3.63, 3.8) is 0 Å². The summed E-state index contributed by atoms with van der Waals surface area (Å²) in [7, 11) is -12.4.